The van der Waals surface area contributed by atoms with Crippen LogP contribution in [-0.2, 0) is 16.0 Å². The second-order valence-electron chi connectivity index (χ2n) is 7.65. The van der Waals surface area contributed by atoms with Crippen LogP contribution in [-0.4, -0.2) is 36.3 Å². The first-order chi connectivity index (χ1) is 14.5. The summed E-state index contributed by atoms with van der Waals surface area (Å²) >= 11 is 6.43. The average molecular weight is 428 g/mol. The van der Waals surface area contributed by atoms with Gasteiger partial charge in [-0.3, -0.25) is 14.5 Å². The summed E-state index contributed by atoms with van der Waals surface area (Å²) in [6.45, 7) is 6.43. The number of nitrogens with one attached hydrogen (secondary N) is 2. The smallest absolute Gasteiger partial charge is 0.227 e. The summed E-state index contributed by atoms with van der Waals surface area (Å²) in [5.74, 6) is -0.211. The number of hydrogen-bond donors (Lipinski definition) is 2. The molecule has 0 radical (unpaired) electrons. The van der Waals surface area contributed by atoms with Gasteiger partial charge in [-0.1, -0.05) is 61.8 Å². The second kappa shape index (κ2) is 10.6. The van der Waals surface area contributed by atoms with E-state index in [1.165, 1.54) is 0 Å². The van der Waals surface area contributed by atoms with Crippen LogP contribution in [0.25, 0.3) is 0 Å². The van der Waals surface area contributed by atoms with Crippen LogP contribution < -0.4 is 10.6 Å². The third-order valence-corrected chi connectivity index (χ3v) is 6.19. The predicted octanol–water partition coefficient (Wildman–Crippen LogP) is 4.43. The van der Waals surface area contributed by atoms with E-state index in [4.69, 9.17) is 11.6 Å². The number of rotatable bonds is 9. The third kappa shape index (κ3) is 5.41. The molecule has 0 aromatic heterocycles. The van der Waals surface area contributed by atoms with E-state index in [-0.39, 0.29) is 23.8 Å². The Labute approximate surface area is 183 Å². The van der Waals surface area contributed by atoms with E-state index in [1.54, 1.807) is 0 Å². The molecule has 0 saturated carbocycles. The molecule has 1 aliphatic rings. The van der Waals surface area contributed by atoms with Crippen molar-refractivity contribution in [3.05, 3.63) is 64.7 Å². The number of nitrogens with zero attached hydrogens (tertiary/aromatic N) is 1. The first kappa shape index (κ1) is 22.3. The number of anilines is 1. The normalized spacial score (nSPS) is 16.7. The van der Waals surface area contributed by atoms with E-state index in [1.807, 2.05) is 48.5 Å². The highest BCUT2D eigenvalue weighted by Crippen LogP contribution is 2.28. The zero-order valence-corrected chi connectivity index (χ0v) is 18.4. The van der Waals surface area contributed by atoms with Crippen LogP contribution in [0.2, 0.25) is 5.02 Å². The van der Waals surface area contributed by atoms with E-state index >= 15 is 0 Å². The topological polar surface area (TPSA) is 61.4 Å². The van der Waals surface area contributed by atoms with E-state index in [0.29, 0.717) is 30.8 Å². The van der Waals surface area contributed by atoms with Gasteiger partial charge in [0.15, 0.2) is 0 Å². The van der Waals surface area contributed by atoms with Crippen LogP contribution >= 0.6 is 11.6 Å². The molecule has 0 fully saturated rings. The summed E-state index contributed by atoms with van der Waals surface area (Å²) < 4.78 is 0. The van der Waals surface area contributed by atoms with Crippen molar-refractivity contribution >= 4 is 29.1 Å². The summed E-state index contributed by atoms with van der Waals surface area (Å²) in [6, 6.07) is 15.6. The Bertz CT molecular complexity index is 882. The fourth-order valence-electron chi connectivity index (χ4n) is 4.10. The van der Waals surface area contributed by atoms with Gasteiger partial charge in [-0.05, 0) is 49.2 Å². The van der Waals surface area contributed by atoms with Crippen molar-refractivity contribution in [2.24, 2.45) is 5.92 Å². The van der Waals surface area contributed by atoms with Crippen LogP contribution in [0, 0.1) is 5.92 Å². The molecule has 2 N–H and O–H groups in total. The van der Waals surface area contributed by atoms with Gasteiger partial charge in [0.1, 0.15) is 0 Å². The van der Waals surface area contributed by atoms with E-state index in [2.05, 4.69) is 29.4 Å². The van der Waals surface area contributed by atoms with Crippen LogP contribution in [0.15, 0.2) is 48.5 Å². The molecule has 1 aliphatic heterocycles. The number of hydrogen-bond acceptors (Lipinski definition) is 3. The minimum absolute atomic E-state index is 0.00131. The molecule has 2 amide bonds. The van der Waals surface area contributed by atoms with Crippen molar-refractivity contribution in [2.75, 3.05) is 25.0 Å². The lowest BCUT2D eigenvalue weighted by Crippen LogP contribution is -2.38. The van der Waals surface area contributed by atoms with E-state index in [0.717, 1.165) is 29.9 Å². The standard InChI is InChI=1S/C24H30ClN3O2/c1-3-28(4-2)22(19-10-6-7-11-20(19)25)16-26-23(29)14-13-18-15-17-9-5-8-12-21(17)27-24(18)30/h5-12,18,22H,3-4,13-16H2,1-2H3,(H,26,29)(H,27,30). The number of benzene rings is 2. The molecular weight excluding hydrogens is 398 g/mol. The van der Waals surface area contributed by atoms with Gasteiger partial charge in [-0.2, -0.15) is 0 Å². The summed E-state index contributed by atoms with van der Waals surface area (Å²) in [5.41, 5.74) is 3.03. The Hall–Kier alpha value is -2.37. The molecule has 6 heteroatoms. The lowest BCUT2D eigenvalue weighted by molar-refractivity contribution is -0.123. The molecule has 0 bridgehead atoms. The number of carbonyl (C=O) groups is 2. The number of likely N-dealkylation sites (N-methyl/N-ethyl adjacent to an activating group) is 1. The van der Waals surface area contributed by atoms with Crippen molar-refractivity contribution in [3.63, 3.8) is 0 Å². The van der Waals surface area contributed by atoms with Gasteiger partial charge in [0, 0.05) is 29.6 Å². The molecule has 3 rings (SSSR count). The highest BCUT2D eigenvalue weighted by molar-refractivity contribution is 6.31. The lowest BCUT2D eigenvalue weighted by Gasteiger charge is -2.31. The number of fused-ring (bicyclic) bond motifs is 1. The fraction of sp³-hybridized carbons (Fsp3) is 0.417. The number of amides is 2. The molecule has 2 unspecified atom stereocenters. The zero-order chi connectivity index (χ0) is 21.5. The van der Waals surface area contributed by atoms with Crippen LogP contribution in [0.4, 0.5) is 5.69 Å². The Kier molecular flexibility index (Phi) is 7.88. The molecule has 160 valence electrons. The van der Waals surface area contributed by atoms with Gasteiger partial charge in [-0.25, -0.2) is 0 Å². The number of carbonyl (C=O) groups excluding carboxylic acids is 2. The summed E-state index contributed by atoms with van der Waals surface area (Å²) in [4.78, 5) is 27.2. The molecule has 2 aromatic rings. The van der Waals surface area contributed by atoms with Crippen LogP contribution in [0.1, 0.15) is 43.9 Å². The third-order valence-electron chi connectivity index (χ3n) is 5.84. The lowest BCUT2D eigenvalue weighted by atomic mass is 9.89. The second-order valence-corrected chi connectivity index (χ2v) is 8.06. The number of halogens is 1. The van der Waals surface area contributed by atoms with Crippen molar-refractivity contribution in [1.29, 1.82) is 0 Å². The minimum atomic E-state index is -0.173. The molecule has 2 aromatic carbocycles. The summed E-state index contributed by atoms with van der Waals surface area (Å²) in [7, 11) is 0. The Balaban J connectivity index is 1.57. The Morgan fingerprint density at radius 1 is 1.17 bits per heavy atom. The maximum Gasteiger partial charge on any atom is 0.227 e. The Morgan fingerprint density at radius 2 is 1.87 bits per heavy atom. The molecule has 0 aliphatic carbocycles. The maximum atomic E-state index is 12.6. The molecule has 1 heterocycles. The van der Waals surface area contributed by atoms with Gasteiger partial charge in [0.2, 0.25) is 11.8 Å². The van der Waals surface area contributed by atoms with Gasteiger partial charge >= 0.3 is 0 Å². The van der Waals surface area contributed by atoms with Crippen molar-refractivity contribution in [3.8, 4) is 0 Å². The zero-order valence-electron chi connectivity index (χ0n) is 17.7. The quantitative estimate of drug-likeness (QED) is 0.622. The van der Waals surface area contributed by atoms with E-state index in [9.17, 15) is 9.59 Å². The van der Waals surface area contributed by atoms with Crippen LogP contribution in [0.3, 0.4) is 0 Å². The van der Waals surface area contributed by atoms with Gasteiger partial charge in [0.05, 0.1) is 6.04 Å². The highest BCUT2D eigenvalue weighted by Gasteiger charge is 2.26. The first-order valence-corrected chi connectivity index (χ1v) is 11.0. The molecule has 5 nitrogen and oxygen atoms in total. The summed E-state index contributed by atoms with van der Waals surface area (Å²) in [5, 5.41) is 6.72. The largest absolute Gasteiger partial charge is 0.354 e. The van der Waals surface area contributed by atoms with Crippen LogP contribution in [0.5, 0.6) is 0 Å². The predicted molar refractivity (Wildman–Crippen MR) is 122 cm³/mol. The molecule has 0 saturated heterocycles. The fourth-order valence-corrected chi connectivity index (χ4v) is 4.36. The van der Waals surface area contributed by atoms with E-state index < -0.39 is 0 Å². The molecular formula is C24H30ClN3O2. The Morgan fingerprint density at radius 3 is 2.60 bits per heavy atom. The maximum absolute atomic E-state index is 12.6. The van der Waals surface area contributed by atoms with Gasteiger partial charge < -0.3 is 10.6 Å². The van der Waals surface area contributed by atoms with Crippen molar-refractivity contribution in [1.82, 2.24) is 10.2 Å². The number of para-hydroxylation sites is 1. The van der Waals surface area contributed by atoms with Crippen molar-refractivity contribution in [2.45, 2.75) is 39.2 Å². The average Bonchev–Trinajstić information content (AvgIpc) is 2.75. The SMILES string of the molecule is CCN(CC)C(CNC(=O)CCC1Cc2ccccc2NC1=O)c1ccccc1Cl. The molecule has 0 spiro atoms. The minimum Gasteiger partial charge on any atom is -0.354 e. The van der Waals surface area contributed by atoms with Crippen molar-refractivity contribution < 1.29 is 9.59 Å². The van der Waals surface area contributed by atoms with Gasteiger partial charge in [-0.15, -0.1) is 0 Å². The molecule has 30 heavy (non-hydrogen) atoms. The highest BCUT2D eigenvalue weighted by atomic mass is 35.5. The molecule has 2 atom stereocenters. The first-order valence-electron chi connectivity index (χ1n) is 10.7. The van der Waals surface area contributed by atoms with Gasteiger partial charge in [0.25, 0.3) is 0 Å². The summed E-state index contributed by atoms with van der Waals surface area (Å²) in [6.07, 6.45) is 1.54. The monoisotopic (exact) mass is 427 g/mol.